The Morgan fingerprint density at radius 2 is 1.53 bits per heavy atom. The fourth-order valence-corrected chi connectivity index (χ4v) is 5.10. The highest BCUT2D eigenvalue weighted by Crippen LogP contribution is 2.66. The van der Waals surface area contributed by atoms with Gasteiger partial charge in [-0.25, -0.2) is 0 Å². The average molecular weight is 234 g/mol. The smallest absolute Gasteiger partial charge is 0.257 e. The van der Waals surface area contributed by atoms with Crippen LogP contribution in [0.3, 0.4) is 0 Å². The van der Waals surface area contributed by atoms with Crippen LogP contribution in [0.4, 0.5) is 0 Å². The molecule has 0 aliphatic heterocycles. The van der Waals surface area contributed by atoms with Gasteiger partial charge in [0.1, 0.15) is 0 Å². The van der Waals surface area contributed by atoms with E-state index in [1.165, 1.54) is 32.1 Å². The second-order valence-electron chi connectivity index (χ2n) is 6.34. The molecule has 4 aliphatic carbocycles. The van der Waals surface area contributed by atoms with Gasteiger partial charge in [0.05, 0.1) is 12.5 Å². The van der Waals surface area contributed by atoms with Crippen LogP contribution in [0.5, 0.6) is 0 Å². The fraction of sp³-hybridized carbons (Fsp3) is 0.733. The molecule has 0 saturated heterocycles. The van der Waals surface area contributed by atoms with Gasteiger partial charge in [-0.3, -0.25) is 0 Å². The van der Waals surface area contributed by atoms with Gasteiger partial charge < -0.3 is 9.47 Å². The molecule has 0 heterocycles. The molecular weight excluding hydrogens is 212 g/mol. The van der Waals surface area contributed by atoms with Crippen LogP contribution in [0.25, 0.3) is 0 Å². The molecule has 0 aromatic rings. The zero-order valence-corrected chi connectivity index (χ0v) is 10.7. The van der Waals surface area contributed by atoms with Crippen molar-refractivity contribution in [1.82, 2.24) is 0 Å². The lowest BCUT2D eigenvalue weighted by atomic mass is 9.47. The highest BCUT2D eigenvalue weighted by atomic mass is 16.7. The van der Waals surface area contributed by atoms with Crippen molar-refractivity contribution >= 4 is 0 Å². The molecule has 0 amide bonds. The minimum Gasteiger partial charge on any atom is -0.460 e. The quantitative estimate of drug-likeness (QED) is 0.543. The summed E-state index contributed by atoms with van der Waals surface area (Å²) in [4.78, 5) is 0. The van der Waals surface area contributed by atoms with Crippen molar-refractivity contribution in [1.29, 1.82) is 0 Å². The molecule has 4 fully saturated rings. The van der Waals surface area contributed by atoms with E-state index in [-0.39, 0.29) is 5.41 Å². The minimum absolute atomic E-state index is 0.129. The Hall–Kier alpha value is -0.920. The van der Waals surface area contributed by atoms with Crippen LogP contribution in [0.2, 0.25) is 0 Å². The molecule has 4 aliphatic rings. The van der Waals surface area contributed by atoms with E-state index in [9.17, 15) is 0 Å². The zero-order chi connectivity index (χ0) is 12.1. The van der Waals surface area contributed by atoms with Crippen LogP contribution >= 0.6 is 0 Å². The summed E-state index contributed by atoms with van der Waals surface area (Å²) >= 11 is 0. The van der Waals surface area contributed by atoms with Crippen molar-refractivity contribution in [2.45, 2.75) is 44.8 Å². The largest absolute Gasteiger partial charge is 0.460 e. The average Bonchev–Trinajstić information content (AvgIpc) is 2.24. The van der Waals surface area contributed by atoms with Crippen LogP contribution in [0.15, 0.2) is 25.7 Å². The topological polar surface area (TPSA) is 18.5 Å². The SMILES string of the molecule is C=COC1(OC=C)C2CC3CC(C2)CC1(C)C3. The maximum Gasteiger partial charge on any atom is 0.257 e. The lowest BCUT2D eigenvalue weighted by Crippen LogP contribution is -2.64. The molecule has 0 radical (unpaired) electrons. The molecule has 17 heavy (non-hydrogen) atoms. The van der Waals surface area contributed by atoms with E-state index >= 15 is 0 Å². The van der Waals surface area contributed by atoms with Crippen LogP contribution in [0, 0.1) is 23.2 Å². The molecule has 0 spiro atoms. The first kappa shape index (κ1) is 11.2. The Morgan fingerprint density at radius 1 is 1.00 bits per heavy atom. The molecule has 4 bridgehead atoms. The summed E-state index contributed by atoms with van der Waals surface area (Å²) in [7, 11) is 0. The highest BCUT2D eigenvalue weighted by Gasteiger charge is 2.66. The van der Waals surface area contributed by atoms with E-state index in [0.717, 1.165) is 11.8 Å². The predicted octanol–water partition coefficient (Wildman–Crippen LogP) is 3.85. The highest BCUT2D eigenvalue weighted by molar-refractivity contribution is 5.11. The lowest BCUT2D eigenvalue weighted by Gasteiger charge is -2.63. The van der Waals surface area contributed by atoms with Crippen molar-refractivity contribution in [3.8, 4) is 0 Å². The first-order valence-electron chi connectivity index (χ1n) is 6.71. The van der Waals surface area contributed by atoms with Crippen molar-refractivity contribution in [3.63, 3.8) is 0 Å². The monoisotopic (exact) mass is 234 g/mol. The van der Waals surface area contributed by atoms with Gasteiger partial charge >= 0.3 is 0 Å². The summed E-state index contributed by atoms with van der Waals surface area (Å²) in [5.41, 5.74) is 0.129. The third-order valence-electron chi connectivity index (χ3n) is 5.28. The third-order valence-corrected chi connectivity index (χ3v) is 5.28. The number of hydrogen-bond acceptors (Lipinski definition) is 2. The Kier molecular flexibility index (Phi) is 2.33. The van der Waals surface area contributed by atoms with Gasteiger partial charge in [0.25, 0.3) is 5.79 Å². The lowest BCUT2D eigenvalue weighted by molar-refractivity contribution is -0.334. The summed E-state index contributed by atoms with van der Waals surface area (Å²) in [6, 6.07) is 0. The van der Waals surface area contributed by atoms with E-state index < -0.39 is 5.79 Å². The van der Waals surface area contributed by atoms with E-state index in [0.29, 0.717) is 5.92 Å². The second-order valence-corrected chi connectivity index (χ2v) is 6.34. The molecule has 0 N–H and O–H groups in total. The zero-order valence-electron chi connectivity index (χ0n) is 10.7. The van der Waals surface area contributed by atoms with Crippen molar-refractivity contribution in [3.05, 3.63) is 25.7 Å². The molecule has 2 nitrogen and oxygen atoms in total. The van der Waals surface area contributed by atoms with Gasteiger partial charge in [-0.15, -0.1) is 0 Å². The molecule has 0 aromatic carbocycles. The van der Waals surface area contributed by atoms with Crippen LogP contribution < -0.4 is 0 Å². The van der Waals surface area contributed by atoms with E-state index in [2.05, 4.69) is 20.1 Å². The van der Waals surface area contributed by atoms with Gasteiger partial charge in [0, 0.05) is 11.3 Å². The Balaban J connectivity index is 2.01. The molecule has 2 atom stereocenters. The Labute approximate surface area is 104 Å². The van der Waals surface area contributed by atoms with Crippen molar-refractivity contribution < 1.29 is 9.47 Å². The summed E-state index contributed by atoms with van der Waals surface area (Å²) in [6.07, 6.45) is 9.46. The number of hydrogen-bond donors (Lipinski definition) is 0. The first-order chi connectivity index (χ1) is 8.13. The van der Waals surface area contributed by atoms with Gasteiger partial charge in [0.15, 0.2) is 0 Å². The Morgan fingerprint density at radius 3 is 1.94 bits per heavy atom. The molecule has 4 saturated carbocycles. The van der Waals surface area contributed by atoms with Crippen molar-refractivity contribution in [2.75, 3.05) is 0 Å². The van der Waals surface area contributed by atoms with Crippen LogP contribution in [0.1, 0.15) is 39.0 Å². The molecule has 4 rings (SSSR count). The first-order valence-corrected chi connectivity index (χ1v) is 6.71. The third kappa shape index (κ3) is 1.33. The fourth-order valence-electron chi connectivity index (χ4n) is 5.10. The summed E-state index contributed by atoms with van der Waals surface area (Å²) in [5.74, 6) is 1.78. The summed E-state index contributed by atoms with van der Waals surface area (Å²) in [6.45, 7) is 9.79. The molecule has 2 unspecified atom stereocenters. The van der Waals surface area contributed by atoms with E-state index in [1.54, 1.807) is 12.5 Å². The van der Waals surface area contributed by atoms with Gasteiger partial charge in [-0.1, -0.05) is 20.1 Å². The van der Waals surface area contributed by atoms with Gasteiger partial charge in [-0.05, 0) is 43.9 Å². The maximum absolute atomic E-state index is 5.92. The van der Waals surface area contributed by atoms with Crippen LogP contribution in [-0.4, -0.2) is 5.79 Å². The van der Waals surface area contributed by atoms with E-state index in [4.69, 9.17) is 9.47 Å². The summed E-state index contributed by atoms with van der Waals surface area (Å²) in [5, 5.41) is 0. The maximum atomic E-state index is 5.92. The number of rotatable bonds is 4. The molecule has 2 heteroatoms. The summed E-state index contributed by atoms with van der Waals surface area (Å²) < 4.78 is 11.8. The normalized spacial score (nSPS) is 45.4. The predicted molar refractivity (Wildman–Crippen MR) is 67.0 cm³/mol. The molecular formula is C15H22O2. The molecule has 94 valence electrons. The van der Waals surface area contributed by atoms with Crippen molar-refractivity contribution in [2.24, 2.45) is 23.2 Å². The number of ether oxygens (including phenoxy) is 2. The van der Waals surface area contributed by atoms with Gasteiger partial charge in [0.2, 0.25) is 0 Å². The van der Waals surface area contributed by atoms with Gasteiger partial charge in [-0.2, -0.15) is 0 Å². The van der Waals surface area contributed by atoms with Crippen LogP contribution in [-0.2, 0) is 9.47 Å². The molecule has 0 aromatic heterocycles. The Bertz CT molecular complexity index is 323. The van der Waals surface area contributed by atoms with E-state index in [1.807, 2.05) is 0 Å². The standard InChI is InChI=1S/C15H22O2/c1-4-16-15(17-5-2)13-7-11-6-12(8-13)10-14(15,3)9-11/h4-5,11-13H,1-2,6-10H2,3H3. The second kappa shape index (κ2) is 3.54. The minimum atomic E-state index is -0.496.